The number of carbonyl (C=O) groups excluding carboxylic acids is 2. The molecule has 0 aliphatic rings. The fraction of sp³-hybridized carbons (Fsp3) is 0.278. The zero-order valence-corrected chi connectivity index (χ0v) is 17.0. The Morgan fingerprint density at radius 1 is 1.23 bits per heavy atom. The summed E-state index contributed by atoms with van der Waals surface area (Å²) in [6.07, 6.45) is 0.183. The first-order chi connectivity index (χ1) is 12.3. The number of benzene rings is 1. The third kappa shape index (κ3) is 5.43. The second-order valence-corrected chi connectivity index (χ2v) is 7.13. The molecule has 0 spiro atoms. The van der Waals surface area contributed by atoms with Gasteiger partial charge in [0.1, 0.15) is 5.69 Å². The van der Waals surface area contributed by atoms with Crippen molar-refractivity contribution in [1.82, 2.24) is 4.98 Å². The Labute approximate surface area is 169 Å². The molecule has 1 aromatic heterocycles. The van der Waals surface area contributed by atoms with Gasteiger partial charge in [0.05, 0.1) is 17.5 Å². The minimum absolute atomic E-state index is 0.0708. The van der Waals surface area contributed by atoms with Gasteiger partial charge < -0.3 is 9.84 Å². The lowest BCUT2D eigenvalue weighted by atomic mass is 10.1. The zero-order valence-electron chi connectivity index (χ0n) is 13.9. The fourth-order valence-electron chi connectivity index (χ4n) is 2.27. The summed E-state index contributed by atoms with van der Waals surface area (Å²) in [5.74, 6) is -1.17. The summed E-state index contributed by atoms with van der Waals surface area (Å²) in [5, 5.41) is 11.1. The molecule has 0 unspecified atom stereocenters. The zero-order chi connectivity index (χ0) is 19.3. The number of hydrogen-bond donors (Lipinski definition) is 1. The summed E-state index contributed by atoms with van der Waals surface area (Å²) in [7, 11) is 0. The summed E-state index contributed by atoms with van der Waals surface area (Å²) in [6, 6.07) is 6.72. The Hall–Kier alpha value is -1.63. The number of ether oxygens (including phenoxy) is 1. The SMILES string of the molecule is CCOC(=O)CCC(=O)c1nc(Cc2ccc(Cl)cc2Cl)cc(Br)c1O. The van der Waals surface area contributed by atoms with E-state index in [0.29, 0.717) is 26.6 Å². The highest BCUT2D eigenvalue weighted by Crippen LogP contribution is 2.30. The summed E-state index contributed by atoms with van der Waals surface area (Å²) in [4.78, 5) is 28.0. The number of halogens is 3. The van der Waals surface area contributed by atoms with Gasteiger partial charge in [0.15, 0.2) is 11.5 Å². The number of aromatic hydroxyl groups is 1. The second kappa shape index (κ2) is 9.35. The van der Waals surface area contributed by atoms with E-state index in [4.69, 9.17) is 27.9 Å². The van der Waals surface area contributed by atoms with Gasteiger partial charge in [-0.1, -0.05) is 29.3 Å². The molecular weight excluding hydrogens is 445 g/mol. The number of esters is 1. The normalized spacial score (nSPS) is 10.6. The Morgan fingerprint density at radius 2 is 1.96 bits per heavy atom. The number of aromatic nitrogens is 1. The van der Waals surface area contributed by atoms with Crippen LogP contribution in [0.2, 0.25) is 10.0 Å². The summed E-state index contributed by atoms with van der Waals surface area (Å²) in [6.45, 7) is 1.94. The van der Waals surface area contributed by atoms with Gasteiger partial charge in [0.2, 0.25) is 0 Å². The van der Waals surface area contributed by atoms with Crippen LogP contribution in [0.5, 0.6) is 5.75 Å². The molecule has 2 aromatic rings. The number of rotatable bonds is 7. The van der Waals surface area contributed by atoms with Crippen molar-refractivity contribution in [3.05, 3.63) is 55.7 Å². The maximum Gasteiger partial charge on any atom is 0.306 e. The molecule has 1 heterocycles. The van der Waals surface area contributed by atoms with E-state index >= 15 is 0 Å². The molecule has 0 saturated heterocycles. The molecule has 0 radical (unpaired) electrons. The smallest absolute Gasteiger partial charge is 0.306 e. The molecular formula is C18H16BrCl2NO4. The third-order valence-corrected chi connectivity index (χ3v) is 4.70. The molecule has 0 fully saturated rings. The van der Waals surface area contributed by atoms with Gasteiger partial charge in [0.25, 0.3) is 0 Å². The number of nitrogens with zero attached hydrogens (tertiary/aromatic N) is 1. The predicted octanol–water partition coefficient (Wildman–Crippen LogP) is 4.97. The van der Waals surface area contributed by atoms with E-state index in [9.17, 15) is 14.7 Å². The number of pyridine rings is 1. The van der Waals surface area contributed by atoms with Gasteiger partial charge in [-0.15, -0.1) is 0 Å². The standard InChI is InChI=1S/C18H16BrCl2NO4/c1-2-26-16(24)6-5-15(23)17-18(25)13(19)9-12(22-17)7-10-3-4-11(20)8-14(10)21/h3-4,8-9,25H,2,5-7H2,1H3. The largest absolute Gasteiger partial charge is 0.504 e. The fourth-order valence-corrected chi connectivity index (χ4v) is 3.20. The Morgan fingerprint density at radius 3 is 2.62 bits per heavy atom. The van der Waals surface area contributed by atoms with Gasteiger partial charge in [-0.3, -0.25) is 9.59 Å². The highest BCUT2D eigenvalue weighted by molar-refractivity contribution is 9.10. The first kappa shape index (κ1) is 20.7. The van der Waals surface area contributed by atoms with Crippen LogP contribution < -0.4 is 0 Å². The van der Waals surface area contributed by atoms with Crippen LogP contribution in [0, 0.1) is 0 Å². The van der Waals surface area contributed by atoms with Crippen LogP contribution in [0.3, 0.4) is 0 Å². The Balaban J connectivity index is 2.22. The van der Waals surface area contributed by atoms with Crippen molar-refractivity contribution >= 4 is 50.9 Å². The molecule has 0 aliphatic carbocycles. The first-order valence-corrected chi connectivity index (χ1v) is 9.37. The Bertz CT molecular complexity index is 842. The maximum atomic E-state index is 12.3. The summed E-state index contributed by atoms with van der Waals surface area (Å²) >= 11 is 15.3. The van der Waals surface area contributed by atoms with E-state index in [-0.39, 0.29) is 30.9 Å². The molecule has 2 rings (SSSR count). The van der Waals surface area contributed by atoms with Crippen LogP contribution >= 0.6 is 39.1 Å². The van der Waals surface area contributed by atoms with Crippen LogP contribution in [-0.4, -0.2) is 28.4 Å². The molecule has 0 saturated carbocycles. The molecule has 8 heteroatoms. The monoisotopic (exact) mass is 459 g/mol. The molecule has 26 heavy (non-hydrogen) atoms. The molecule has 138 valence electrons. The lowest BCUT2D eigenvalue weighted by molar-refractivity contribution is -0.143. The van der Waals surface area contributed by atoms with Crippen molar-refractivity contribution in [2.75, 3.05) is 6.61 Å². The molecule has 1 N–H and O–H groups in total. The van der Waals surface area contributed by atoms with E-state index in [1.165, 1.54) is 0 Å². The molecule has 0 bridgehead atoms. The van der Waals surface area contributed by atoms with Gasteiger partial charge in [-0.05, 0) is 46.6 Å². The van der Waals surface area contributed by atoms with Gasteiger partial charge in [0, 0.05) is 28.6 Å². The summed E-state index contributed by atoms with van der Waals surface area (Å²) in [5.41, 5.74) is 1.23. The highest BCUT2D eigenvalue weighted by Gasteiger charge is 2.19. The molecule has 0 aliphatic heterocycles. The maximum absolute atomic E-state index is 12.3. The van der Waals surface area contributed by atoms with E-state index in [1.807, 2.05) is 0 Å². The van der Waals surface area contributed by atoms with Gasteiger partial charge in [-0.2, -0.15) is 0 Å². The van der Waals surface area contributed by atoms with Gasteiger partial charge >= 0.3 is 5.97 Å². The molecule has 5 nitrogen and oxygen atoms in total. The lowest BCUT2D eigenvalue weighted by Gasteiger charge is -2.10. The van der Waals surface area contributed by atoms with E-state index in [2.05, 4.69) is 20.9 Å². The minimum atomic E-state index is -0.469. The first-order valence-electron chi connectivity index (χ1n) is 7.83. The van der Waals surface area contributed by atoms with E-state index in [0.717, 1.165) is 5.56 Å². The average molecular weight is 461 g/mol. The van der Waals surface area contributed by atoms with Crippen molar-refractivity contribution < 1.29 is 19.4 Å². The van der Waals surface area contributed by atoms with Crippen LogP contribution in [0.4, 0.5) is 0 Å². The minimum Gasteiger partial charge on any atom is -0.504 e. The number of carbonyl (C=O) groups is 2. The number of hydrogen-bond acceptors (Lipinski definition) is 5. The van der Waals surface area contributed by atoms with Crippen LogP contribution in [0.15, 0.2) is 28.7 Å². The molecule has 0 amide bonds. The van der Waals surface area contributed by atoms with Crippen molar-refractivity contribution in [2.24, 2.45) is 0 Å². The topological polar surface area (TPSA) is 76.5 Å². The van der Waals surface area contributed by atoms with Crippen LogP contribution in [0.25, 0.3) is 0 Å². The average Bonchev–Trinajstić information content (AvgIpc) is 2.58. The van der Waals surface area contributed by atoms with E-state index < -0.39 is 11.8 Å². The Kier molecular flexibility index (Phi) is 7.43. The summed E-state index contributed by atoms with van der Waals surface area (Å²) < 4.78 is 5.14. The lowest BCUT2D eigenvalue weighted by Crippen LogP contribution is -2.10. The van der Waals surface area contributed by atoms with Crippen molar-refractivity contribution in [3.8, 4) is 5.75 Å². The highest BCUT2D eigenvalue weighted by atomic mass is 79.9. The van der Waals surface area contributed by atoms with Gasteiger partial charge in [-0.25, -0.2) is 4.98 Å². The molecule has 0 atom stereocenters. The van der Waals surface area contributed by atoms with Crippen LogP contribution in [-0.2, 0) is 16.0 Å². The third-order valence-electron chi connectivity index (χ3n) is 3.51. The van der Waals surface area contributed by atoms with Crippen molar-refractivity contribution in [2.45, 2.75) is 26.2 Å². The quantitative estimate of drug-likeness (QED) is 0.466. The van der Waals surface area contributed by atoms with Crippen LogP contribution in [0.1, 0.15) is 41.5 Å². The van der Waals surface area contributed by atoms with E-state index in [1.54, 1.807) is 31.2 Å². The number of ketones is 1. The second-order valence-electron chi connectivity index (χ2n) is 5.43. The predicted molar refractivity (Wildman–Crippen MR) is 103 cm³/mol. The van der Waals surface area contributed by atoms with Crippen molar-refractivity contribution in [1.29, 1.82) is 0 Å². The van der Waals surface area contributed by atoms with Crippen molar-refractivity contribution in [3.63, 3.8) is 0 Å². The number of Topliss-reactive ketones (excluding diaryl/α,β-unsaturated/α-hetero) is 1. The molecule has 1 aromatic carbocycles.